The van der Waals surface area contributed by atoms with Gasteiger partial charge in [0.25, 0.3) is 0 Å². The maximum absolute atomic E-state index is 11.5. The van der Waals surface area contributed by atoms with E-state index in [0.29, 0.717) is 12.5 Å². The Balaban J connectivity index is 3.56. The third kappa shape index (κ3) is 11.5. The van der Waals surface area contributed by atoms with Crippen molar-refractivity contribution in [3.05, 3.63) is 0 Å². The van der Waals surface area contributed by atoms with Crippen molar-refractivity contribution in [2.45, 2.75) is 72.3 Å². The van der Waals surface area contributed by atoms with Crippen LogP contribution >= 0.6 is 0 Å². The molecule has 0 aromatic carbocycles. The van der Waals surface area contributed by atoms with Gasteiger partial charge in [-0.05, 0) is 19.3 Å². The van der Waals surface area contributed by atoms with E-state index in [1.807, 2.05) is 20.8 Å². The van der Waals surface area contributed by atoms with E-state index >= 15 is 0 Å². The van der Waals surface area contributed by atoms with Gasteiger partial charge in [-0.2, -0.15) is 0 Å². The van der Waals surface area contributed by atoms with Crippen molar-refractivity contribution in [1.82, 2.24) is 0 Å². The number of esters is 2. The van der Waals surface area contributed by atoms with Crippen LogP contribution in [0.1, 0.15) is 66.2 Å². The SMILES string of the molecule is CCCCCCCOC(=O)COCC(=O)OC(C)C(C)CC. The van der Waals surface area contributed by atoms with Gasteiger partial charge in [-0.1, -0.05) is 52.9 Å². The van der Waals surface area contributed by atoms with Crippen molar-refractivity contribution in [1.29, 1.82) is 0 Å². The molecule has 0 bridgehead atoms. The molecule has 0 amide bonds. The molecule has 0 aromatic heterocycles. The standard InChI is InChI=1S/C17H32O5/c1-5-7-8-9-10-11-21-16(18)12-20-13-17(19)22-15(4)14(3)6-2/h14-15H,5-13H2,1-4H3. The summed E-state index contributed by atoms with van der Waals surface area (Å²) >= 11 is 0. The summed E-state index contributed by atoms with van der Waals surface area (Å²) in [6.07, 6.45) is 6.33. The van der Waals surface area contributed by atoms with Crippen molar-refractivity contribution >= 4 is 11.9 Å². The average molecular weight is 316 g/mol. The second-order valence-corrected chi connectivity index (χ2v) is 5.71. The quantitative estimate of drug-likeness (QED) is 0.384. The number of carbonyl (C=O) groups excluding carboxylic acids is 2. The topological polar surface area (TPSA) is 61.8 Å². The van der Waals surface area contributed by atoms with Crippen molar-refractivity contribution in [2.75, 3.05) is 19.8 Å². The molecule has 0 fully saturated rings. The lowest BCUT2D eigenvalue weighted by molar-refractivity contribution is -0.159. The Morgan fingerprint density at radius 1 is 0.909 bits per heavy atom. The van der Waals surface area contributed by atoms with Gasteiger partial charge in [0.1, 0.15) is 19.3 Å². The van der Waals surface area contributed by atoms with Crippen LogP contribution in [0.25, 0.3) is 0 Å². The smallest absolute Gasteiger partial charge is 0.332 e. The van der Waals surface area contributed by atoms with E-state index < -0.39 is 11.9 Å². The molecule has 0 saturated carbocycles. The van der Waals surface area contributed by atoms with E-state index in [1.54, 1.807) is 0 Å². The zero-order valence-electron chi connectivity index (χ0n) is 14.6. The first kappa shape index (κ1) is 20.9. The van der Waals surface area contributed by atoms with Crippen LogP contribution < -0.4 is 0 Å². The van der Waals surface area contributed by atoms with E-state index in [-0.39, 0.29) is 19.3 Å². The Kier molecular flexibility index (Phi) is 12.9. The van der Waals surface area contributed by atoms with Gasteiger partial charge in [0.2, 0.25) is 0 Å². The number of hydrogen-bond donors (Lipinski definition) is 0. The fourth-order valence-electron chi connectivity index (χ4n) is 1.84. The van der Waals surface area contributed by atoms with Crippen LogP contribution in [0, 0.1) is 5.92 Å². The maximum atomic E-state index is 11.5. The Morgan fingerprint density at radius 2 is 1.55 bits per heavy atom. The number of unbranched alkanes of at least 4 members (excludes halogenated alkanes) is 4. The maximum Gasteiger partial charge on any atom is 0.332 e. The summed E-state index contributed by atoms with van der Waals surface area (Å²) < 4.78 is 15.2. The molecule has 0 N–H and O–H groups in total. The molecule has 130 valence electrons. The molecule has 22 heavy (non-hydrogen) atoms. The molecule has 0 saturated heterocycles. The number of hydrogen-bond acceptors (Lipinski definition) is 5. The van der Waals surface area contributed by atoms with E-state index in [2.05, 4.69) is 6.92 Å². The predicted molar refractivity (Wildman–Crippen MR) is 85.5 cm³/mol. The van der Waals surface area contributed by atoms with Crippen LogP contribution in [0.3, 0.4) is 0 Å². The molecular weight excluding hydrogens is 284 g/mol. The Hall–Kier alpha value is -1.10. The molecule has 0 heterocycles. The third-order valence-corrected chi connectivity index (χ3v) is 3.71. The minimum Gasteiger partial charge on any atom is -0.464 e. The summed E-state index contributed by atoms with van der Waals surface area (Å²) in [5.41, 5.74) is 0. The zero-order valence-corrected chi connectivity index (χ0v) is 14.6. The highest BCUT2D eigenvalue weighted by Gasteiger charge is 2.15. The van der Waals surface area contributed by atoms with Crippen molar-refractivity contribution in [3.8, 4) is 0 Å². The molecule has 2 atom stereocenters. The van der Waals surface area contributed by atoms with Crippen molar-refractivity contribution < 1.29 is 23.8 Å². The number of carbonyl (C=O) groups is 2. The molecule has 0 aliphatic rings. The van der Waals surface area contributed by atoms with Gasteiger partial charge in [-0.3, -0.25) is 0 Å². The largest absolute Gasteiger partial charge is 0.464 e. The van der Waals surface area contributed by atoms with Crippen LogP contribution in [-0.2, 0) is 23.8 Å². The lowest BCUT2D eigenvalue weighted by Gasteiger charge is -2.18. The van der Waals surface area contributed by atoms with Crippen molar-refractivity contribution in [3.63, 3.8) is 0 Å². The summed E-state index contributed by atoms with van der Waals surface area (Å²) in [6, 6.07) is 0. The fraction of sp³-hybridized carbons (Fsp3) is 0.882. The van der Waals surface area contributed by atoms with Crippen LogP contribution in [0.15, 0.2) is 0 Å². The Bertz CT molecular complexity index is 303. The first-order valence-corrected chi connectivity index (χ1v) is 8.44. The lowest BCUT2D eigenvalue weighted by Crippen LogP contribution is -2.25. The molecule has 0 aliphatic carbocycles. The normalized spacial score (nSPS) is 13.5. The first-order chi connectivity index (χ1) is 10.5. The minimum atomic E-state index is -0.444. The summed E-state index contributed by atoms with van der Waals surface area (Å²) in [5, 5.41) is 0. The number of ether oxygens (including phenoxy) is 3. The van der Waals surface area contributed by atoms with Gasteiger partial charge < -0.3 is 14.2 Å². The zero-order chi connectivity index (χ0) is 16.8. The number of rotatable bonds is 13. The van der Waals surface area contributed by atoms with Gasteiger partial charge in [0.15, 0.2) is 0 Å². The molecule has 0 spiro atoms. The van der Waals surface area contributed by atoms with Gasteiger partial charge in [0, 0.05) is 0 Å². The highest BCUT2D eigenvalue weighted by atomic mass is 16.6. The molecule has 0 aromatic rings. The average Bonchev–Trinajstić information content (AvgIpc) is 2.49. The molecule has 2 unspecified atom stereocenters. The highest BCUT2D eigenvalue weighted by molar-refractivity contribution is 5.73. The van der Waals surface area contributed by atoms with Crippen LogP contribution in [0.5, 0.6) is 0 Å². The van der Waals surface area contributed by atoms with E-state index in [1.165, 1.54) is 19.3 Å². The van der Waals surface area contributed by atoms with Crippen LogP contribution in [0.4, 0.5) is 0 Å². The van der Waals surface area contributed by atoms with Gasteiger partial charge >= 0.3 is 11.9 Å². The minimum absolute atomic E-state index is 0.142. The predicted octanol–water partition coefficient (Wildman–Crippen LogP) is 3.49. The summed E-state index contributed by atoms with van der Waals surface area (Å²) in [6.45, 7) is 8.08. The first-order valence-electron chi connectivity index (χ1n) is 8.44. The van der Waals surface area contributed by atoms with Crippen LogP contribution in [-0.4, -0.2) is 37.9 Å². The molecule has 5 nitrogen and oxygen atoms in total. The Morgan fingerprint density at radius 3 is 2.18 bits per heavy atom. The van der Waals surface area contributed by atoms with Crippen molar-refractivity contribution in [2.24, 2.45) is 5.92 Å². The van der Waals surface area contributed by atoms with E-state index in [4.69, 9.17) is 14.2 Å². The van der Waals surface area contributed by atoms with Gasteiger partial charge in [-0.15, -0.1) is 0 Å². The van der Waals surface area contributed by atoms with E-state index in [0.717, 1.165) is 19.3 Å². The highest BCUT2D eigenvalue weighted by Crippen LogP contribution is 2.10. The van der Waals surface area contributed by atoms with E-state index in [9.17, 15) is 9.59 Å². The lowest BCUT2D eigenvalue weighted by atomic mass is 10.0. The van der Waals surface area contributed by atoms with Crippen LogP contribution in [0.2, 0.25) is 0 Å². The monoisotopic (exact) mass is 316 g/mol. The summed E-state index contributed by atoms with van der Waals surface area (Å²) in [7, 11) is 0. The fourth-order valence-corrected chi connectivity index (χ4v) is 1.84. The van der Waals surface area contributed by atoms with Gasteiger partial charge in [0.05, 0.1) is 6.61 Å². The summed E-state index contributed by atoms with van der Waals surface area (Å²) in [4.78, 5) is 22.9. The second kappa shape index (κ2) is 13.6. The molecule has 5 heteroatoms. The van der Waals surface area contributed by atoms with Gasteiger partial charge in [-0.25, -0.2) is 9.59 Å². The molecule has 0 aliphatic heterocycles. The third-order valence-electron chi connectivity index (χ3n) is 3.71. The molecule has 0 radical (unpaired) electrons. The second-order valence-electron chi connectivity index (χ2n) is 5.71. The molecule has 0 rings (SSSR count). The summed E-state index contributed by atoms with van der Waals surface area (Å²) in [5.74, 6) is -0.569. The Labute approximate surface area is 134 Å². The molecular formula is C17H32O5.